The first-order valence-corrected chi connectivity index (χ1v) is 9.65. The summed E-state index contributed by atoms with van der Waals surface area (Å²) in [6.07, 6.45) is 1.63. The molecule has 0 aliphatic heterocycles. The lowest BCUT2D eigenvalue weighted by molar-refractivity contribution is 0.394. The molecule has 7 heteroatoms. The molecule has 0 radical (unpaired) electrons. The summed E-state index contributed by atoms with van der Waals surface area (Å²) in [4.78, 5) is 4.67. The molecule has 4 rings (SSSR count). The molecule has 0 aliphatic carbocycles. The Labute approximate surface area is 180 Å². The van der Waals surface area contributed by atoms with Crippen molar-refractivity contribution in [3.8, 4) is 34.0 Å². The lowest BCUT2D eigenvalue weighted by Crippen LogP contribution is -2.03. The summed E-state index contributed by atoms with van der Waals surface area (Å²) in [5, 5.41) is 12.9. The molecule has 0 spiro atoms. The van der Waals surface area contributed by atoms with Crippen LogP contribution in [0.2, 0.25) is 0 Å². The zero-order valence-corrected chi connectivity index (χ0v) is 17.2. The van der Waals surface area contributed by atoms with Gasteiger partial charge in [-0.3, -0.25) is 0 Å². The number of rotatable bonds is 7. The van der Waals surface area contributed by atoms with Crippen molar-refractivity contribution in [1.82, 2.24) is 15.2 Å². The molecule has 4 aromatic rings. The van der Waals surface area contributed by atoms with Crippen molar-refractivity contribution in [2.24, 2.45) is 5.10 Å². The summed E-state index contributed by atoms with van der Waals surface area (Å²) >= 11 is 0. The number of hydrogen-bond acceptors (Lipinski definition) is 7. The first kappa shape index (κ1) is 20.0. The van der Waals surface area contributed by atoms with Crippen molar-refractivity contribution >= 4 is 12.2 Å². The van der Waals surface area contributed by atoms with Crippen molar-refractivity contribution in [2.45, 2.75) is 0 Å². The predicted molar refractivity (Wildman–Crippen MR) is 121 cm³/mol. The van der Waals surface area contributed by atoms with E-state index >= 15 is 0 Å². The zero-order valence-electron chi connectivity index (χ0n) is 17.2. The summed E-state index contributed by atoms with van der Waals surface area (Å²) in [5.41, 5.74) is 6.96. The van der Waals surface area contributed by atoms with Gasteiger partial charge in [0, 0.05) is 22.8 Å². The van der Waals surface area contributed by atoms with E-state index in [4.69, 9.17) is 9.47 Å². The van der Waals surface area contributed by atoms with E-state index in [-0.39, 0.29) is 0 Å². The highest BCUT2D eigenvalue weighted by Gasteiger charge is 2.13. The van der Waals surface area contributed by atoms with Crippen LogP contribution >= 0.6 is 0 Å². The average molecular weight is 411 g/mol. The van der Waals surface area contributed by atoms with Gasteiger partial charge in [-0.15, -0.1) is 10.2 Å². The summed E-state index contributed by atoms with van der Waals surface area (Å²) < 4.78 is 10.6. The minimum atomic E-state index is 0.294. The monoisotopic (exact) mass is 411 g/mol. The molecule has 0 aliphatic rings. The highest BCUT2D eigenvalue weighted by molar-refractivity contribution is 5.84. The second-order valence-electron chi connectivity index (χ2n) is 6.54. The maximum absolute atomic E-state index is 5.39. The molecular formula is C24H21N5O2. The molecule has 0 saturated heterocycles. The van der Waals surface area contributed by atoms with Gasteiger partial charge in [0.05, 0.1) is 20.4 Å². The minimum Gasteiger partial charge on any atom is -0.497 e. The SMILES string of the molecule is COc1ccc(/C=N\Nc2nnc(-c3ccccc3)c(-c3ccccc3)n2)c(OC)c1. The summed E-state index contributed by atoms with van der Waals surface area (Å²) in [7, 11) is 3.21. The van der Waals surface area contributed by atoms with E-state index in [9.17, 15) is 0 Å². The second-order valence-corrected chi connectivity index (χ2v) is 6.54. The van der Waals surface area contributed by atoms with Gasteiger partial charge in [0.15, 0.2) is 0 Å². The fraction of sp³-hybridized carbons (Fsp3) is 0.0833. The van der Waals surface area contributed by atoms with Crippen LogP contribution in [0.3, 0.4) is 0 Å². The molecule has 0 unspecified atom stereocenters. The maximum Gasteiger partial charge on any atom is 0.263 e. The lowest BCUT2D eigenvalue weighted by Gasteiger charge is -2.09. The Bertz CT molecular complexity index is 1180. The van der Waals surface area contributed by atoms with Gasteiger partial charge in [-0.25, -0.2) is 10.4 Å². The average Bonchev–Trinajstić information content (AvgIpc) is 2.85. The Balaban J connectivity index is 1.64. The van der Waals surface area contributed by atoms with E-state index in [0.717, 1.165) is 22.4 Å². The van der Waals surface area contributed by atoms with E-state index in [1.165, 1.54) is 0 Å². The fourth-order valence-electron chi connectivity index (χ4n) is 3.05. The number of ether oxygens (including phenoxy) is 2. The van der Waals surface area contributed by atoms with Crippen LogP contribution in [0.1, 0.15) is 5.56 Å². The van der Waals surface area contributed by atoms with E-state index in [1.54, 1.807) is 26.5 Å². The molecule has 31 heavy (non-hydrogen) atoms. The molecule has 0 bridgehead atoms. The fourth-order valence-corrected chi connectivity index (χ4v) is 3.05. The van der Waals surface area contributed by atoms with Gasteiger partial charge in [0.1, 0.15) is 22.9 Å². The van der Waals surface area contributed by atoms with Crippen LogP contribution in [0.5, 0.6) is 11.5 Å². The molecule has 3 aromatic carbocycles. The molecule has 0 amide bonds. The van der Waals surface area contributed by atoms with Gasteiger partial charge >= 0.3 is 0 Å². The summed E-state index contributed by atoms with van der Waals surface area (Å²) in [6, 6.07) is 25.2. The highest BCUT2D eigenvalue weighted by atomic mass is 16.5. The number of aromatic nitrogens is 3. The van der Waals surface area contributed by atoms with Crippen LogP contribution < -0.4 is 14.9 Å². The van der Waals surface area contributed by atoms with Crippen molar-refractivity contribution in [2.75, 3.05) is 19.6 Å². The van der Waals surface area contributed by atoms with Crippen LogP contribution in [0.4, 0.5) is 5.95 Å². The Kier molecular flexibility index (Phi) is 6.13. The van der Waals surface area contributed by atoms with Crippen LogP contribution in [-0.4, -0.2) is 35.6 Å². The van der Waals surface area contributed by atoms with E-state index in [2.05, 4.69) is 25.7 Å². The van der Waals surface area contributed by atoms with Crippen molar-refractivity contribution in [3.63, 3.8) is 0 Å². The molecule has 1 aromatic heterocycles. The molecule has 0 fully saturated rings. The number of methoxy groups -OCH3 is 2. The Morgan fingerprint density at radius 3 is 2.10 bits per heavy atom. The van der Waals surface area contributed by atoms with Gasteiger partial charge in [0.2, 0.25) is 0 Å². The molecule has 1 N–H and O–H groups in total. The molecule has 0 atom stereocenters. The Morgan fingerprint density at radius 2 is 1.45 bits per heavy atom. The summed E-state index contributed by atoms with van der Waals surface area (Å²) in [5.74, 6) is 1.65. The normalized spacial score (nSPS) is 10.8. The Morgan fingerprint density at radius 1 is 0.774 bits per heavy atom. The van der Waals surface area contributed by atoms with Crippen molar-refractivity contribution in [1.29, 1.82) is 0 Å². The third kappa shape index (κ3) is 4.67. The molecule has 1 heterocycles. The van der Waals surface area contributed by atoms with E-state index in [1.807, 2.05) is 72.8 Å². The number of anilines is 1. The number of benzene rings is 3. The predicted octanol–water partition coefficient (Wildman–Crippen LogP) is 4.67. The first-order chi connectivity index (χ1) is 15.3. The van der Waals surface area contributed by atoms with Gasteiger partial charge in [0.25, 0.3) is 5.95 Å². The first-order valence-electron chi connectivity index (χ1n) is 9.65. The third-order valence-corrected chi connectivity index (χ3v) is 4.59. The largest absolute Gasteiger partial charge is 0.497 e. The van der Waals surface area contributed by atoms with Crippen LogP contribution in [0, 0.1) is 0 Å². The van der Waals surface area contributed by atoms with Gasteiger partial charge in [-0.2, -0.15) is 5.10 Å². The third-order valence-electron chi connectivity index (χ3n) is 4.59. The number of nitrogens with one attached hydrogen (secondary N) is 1. The quantitative estimate of drug-likeness (QED) is 0.352. The number of nitrogens with zero attached hydrogens (tertiary/aromatic N) is 4. The number of hydrazone groups is 1. The maximum atomic E-state index is 5.39. The van der Waals surface area contributed by atoms with E-state index < -0.39 is 0 Å². The van der Waals surface area contributed by atoms with Crippen molar-refractivity contribution < 1.29 is 9.47 Å². The lowest BCUT2D eigenvalue weighted by atomic mass is 10.0. The van der Waals surface area contributed by atoms with Crippen LogP contribution in [-0.2, 0) is 0 Å². The minimum absolute atomic E-state index is 0.294. The van der Waals surface area contributed by atoms with Crippen LogP contribution in [0.25, 0.3) is 22.5 Å². The highest BCUT2D eigenvalue weighted by Crippen LogP contribution is 2.28. The smallest absolute Gasteiger partial charge is 0.263 e. The van der Waals surface area contributed by atoms with Gasteiger partial charge < -0.3 is 9.47 Å². The van der Waals surface area contributed by atoms with Crippen molar-refractivity contribution in [3.05, 3.63) is 84.4 Å². The van der Waals surface area contributed by atoms with Gasteiger partial charge in [-0.1, -0.05) is 60.7 Å². The zero-order chi connectivity index (χ0) is 21.5. The number of hydrogen-bond donors (Lipinski definition) is 1. The topological polar surface area (TPSA) is 81.5 Å². The van der Waals surface area contributed by atoms with Crippen LogP contribution in [0.15, 0.2) is 84.0 Å². The van der Waals surface area contributed by atoms with Gasteiger partial charge in [-0.05, 0) is 12.1 Å². The molecule has 7 nitrogen and oxygen atoms in total. The summed E-state index contributed by atoms with van der Waals surface area (Å²) in [6.45, 7) is 0. The molecular weight excluding hydrogens is 390 g/mol. The standard InChI is InChI=1S/C24H21N5O2/c1-30-20-14-13-19(21(15-20)31-2)16-25-28-24-26-22(17-9-5-3-6-10-17)23(27-29-24)18-11-7-4-8-12-18/h3-16H,1-2H3,(H,26,28,29)/b25-16-. The second kappa shape index (κ2) is 9.49. The molecule has 0 saturated carbocycles. The Hall–Kier alpha value is -4.26. The molecule has 154 valence electrons. The van der Waals surface area contributed by atoms with E-state index in [0.29, 0.717) is 23.1 Å².